The number of nitrogens with one attached hydrogen (secondary N) is 2. The number of aryl methyl sites for hydroxylation is 1. The molecule has 4 rings (SSSR count). The Morgan fingerprint density at radius 3 is 2.43 bits per heavy atom. The number of hydrogen-bond donors (Lipinski definition) is 2. The van der Waals surface area contributed by atoms with Crippen molar-refractivity contribution in [3.8, 4) is 11.8 Å². The van der Waals surface area contributed by atoms with Crippen molar-refractivity contribution in [1.29, 1.82) is 0 Å². The van der Waals surface area contributed by atoms with Crippen molar-refractivity contribution in [2.24, 2.45) is 0 Å². The van der Waals surface area contributed by atoms with Crippen LogP contribution in [-0.4, -0.2) is 64.1 Å². The molecule has 0 unspecified atom stereocenters. The molecule has 9 nitrogen and oxygen atoms in total. The second-order valence-electron chi connectivity index (χ2n) is 7.43. The van der Waals surface area contributed by atoms with Crippen LogP contribution in [0.3, 0.4) is 0 Å². The van der Waals surface area contributed by atoms with E-state index < -0.39 is 0 Å². The fraction of sp³-hybridized carbons (Fsp3) is 0.333. The fourth-order valence-corrected chi connectivity index (χ4v) is 3.20. The number of benzene rings is 1. The Morgan fingerprint density at radius 2 is 1.80 bits per heavy atom. The Balaban J connectivity index is 1.61. The van der Waals surface area contributed by atoms with Crippen LogP contribution in [0, 0.1) is 6.92 Å². The third kappa shape index (κ3) is 4.74. The van der Waals surface area contributed by atoms with E-state index in [-0.39, 0.29) is 11.8 Å². The van der Waals surface area contributed by atoms with Crippen LogP contribution in [0.5, 0.6) is 11.8 Å². The minimum atomic E-state index is 0.00986. The molecule has 0 amide bonds. The van der Waals surface area contributed by atoms with Crippen LogP contribution >= 0.6 is 0 Å². The molecule has 1 fully saturated rings. The van der Waals surface area contributed by atoms with Gasteiger partial charge in [-0.3, -0.25) is 9.89 Å². The summed E-state index contributed by atoms with van der Waals surface area (Å²) >= 11 is 0. The smallest absolute Gasteiger partial charge is 0.325 e. The molecule has 1 saturated heterocycles. The van der Waals surface area contributed by atoms with Gasteiger partial charge in [-0.15, -0.1) is 0 Å². The minimum absolute atomic E-state index is 0.00986. The topological polar surface area (TPSA) is 99.3 Å². The minimum Gasteiger partial charge on any atom is -0.424 e. The molecule has 9 heteroatoms. The molecule has 0 saturated carbocycles. The summed E-state index contributed by atoms with van der Waals surface area (Å²) in [4.78, 5) is 25.1. The number of carbonyl (C=O) groups excluding carboxylic acids is 1. The quantitative estimate of drug-likeness (QED) is 0.602. The Bertz CT molecular complexity index is 1020. The molecule has 0 spiro atoms. The molecule has 1 aliphatic rings. The van der Waals surface area contributed by atoms with Crippen molar-refractivity contribution < 1.29 is 9.53 Å². The van der Waals surface area contributed by atoms with Gasteiger partial charge in [0.1, 0.15) is 17.4 Å². The predicted octanol–water partition coefficient (Wildman–Crippen LogP) is 3.00. The lowest BCUT2D eigenvalue weighted by atomic mass is 10.1. The number of anilines is 3. The highest BCUT2D eigenvalue weighted by atomic mass is 16.5. The molecule has 0 radical (unpaired) electrons. The van der Waals surface area contributed by atoms with E-state index >= 15 is 0 Å². The summed E-state index contributed by atoms with van der Waals surface area (Å²) in [5, 5.41) is 10.3. The number of piperazine rings is 1. The van der Waals surface area contributed by atoms with Crippen LogP contribution in [-0.2, 0) is 0 Å². The SMILES string of the molecule is CC(=O)c1ccc(Oc2nc(Nc3cc(C)[nH]n3)cc(N3CCN(C)CC3)n2)cc1. The first-order valence-corrected chi connectivity index (χ1v) is 9.87. The molecule has 1 aromatic carbocycles. The standard InChI is InChI=1S/C21H25N7O2/c1-14-12-19(26-25-14)22-18-13-20(28-10-8-27(3)9-11-28)24-21(23-18)30-17-6-4-16(5-7-17)15(2)29/h4-7,12-13H,8-11H2,1-3H3,(H2,22,23,24,25,26). The summed E-state index contributed by atoms with van der Waals surface area (Å²) in [7, 11) is 2.11. The van der Waals surface area contributed by atoms with Gasteiger partial charge < -0.3 is 19.9 Å². The van der Waals surface area contributed by atoms with Crippen molar-refractivity contribution in [3.05, 3.63) is 47.7 Å². The summed E-state index contributed by atoms with van der Waals surface area (Å²) in [5.74, 6) is 2.64. The Hall–Kier alpha value is -3.46. The van der Waals surface area contributed by atoms with E-state index in [2.05, 4.69) is 42.3 Å². The second-order valence-corrected chi connectivity index (χ2v) is 7.43. The molecule has 3 heterocycles. The third-order valence-corrected chi connectivity index (χ3v) is 4.95. The number of ketones is 1. The maximum absolute atomic E-state index is 11.5. The number of ether oxygens (including phenoxy) is 1. The Labute approximate surface area is 175 Å². The Kier molecular flexibility index (Phi) is 5.62. The Morgan fingerprint density at radius 1 is 1.07 bits per heavy atom. The van der Waals surface area contributed by atoms with Gasteiger partial charge in [0.05, 0.1) is 0 Å². The number of Topliss-reactive ketones (excluding diaryl/α,β-unsaturated/α-hetero) is 1. The number of likely N-dealkylation sites (N-methyl/N-ethyl adjacent to an activating group) is 1. The van der Waals surface area contributed by atoms with Gasteiger partial charge in [0, 0.05) is 49.6 Å². The van der Waals surface area contributed by atoms with Crippen LogP contribution < -0.4 is 15.0 Å². The molecular formula is C21H25N7O2. The first-order valence-electron chi connectivity index (χ1n) is 9.87. The zero-order valence-corrected chi connectivity index (χ0v) is 17.3. The summed E-state index contributed by atoms with van der Waals surface area (Å²) in [6.45, 7) is 7.16. The van der Waals surface area contributed by atoms with Gasteiger partial charge in [-0.2, -0.15) is 15.1 Å². The highest BCUT2D eigenvalue weighted by Crippen LogP contribution is 2.26. The summed E-state index contributed by atoms with van der Waals surface area (Å²) in [5.41, 5.74) is 1.58. The normalized spacial score (nSPS) is 14.6. The van der Waals surface area contributed by atoms with Gasteiger partial charge in [-0.1, -0.05) is 0 Å². The van der Waals surface area contributed by atoms with E-state index in [1.165, 1.54) is 6.92 Å². The van der Waals surface area contributed by atoms with E-state index in [0.29, 0.717) is 22.9 Å². The average molecular weight is 407 g/mol. The molecule has 0 atom stereocenters. The van der Waals surface area contributed by atoms with E-state index in [1.54, 1.807) is 24.3 Å². The zero-order valence-electron chi connectivity index (χ0n) is 17.3. The second kappa shape index (κ2) is 8.50. The van der Waals surface area contributed by atoms with Crippen molar-refractivity contribution in [3.63, 3.8) is 0 Å². The number of nitrogens with zero attached hydrogens (tertiary/aromatic N) is 5. The molecule has 2 aromatic heterocycles. The number of aromatic nitrogens is 4. The van der Waals surface area contributed by atoms with Crippen molar-refractivity contribution in [1.82, 2.24) is 25.1 Å². The molecule has 3 aromatic rings. The average Bonchev–Trinajstić information content (AvgIpc) is 3.13. The first-order chi connectivity index (χ1) is 14.5. The van der Waals surface area contributed by atoms with Gasteiger partial charge >= 0.3 is 6.01 Å². The van der Waals surface area contributed by atoms with Crippen molar-refractivity contribution >= 4 is 23.2 Å². The highest BCUT2D eigenvalue weighted by Gasteiger charge is 2.18. The first kappa shape index (κ1) is 19.8. The molecule has 2 N–H and O–H groups in total. The lowest BCUT2D eigenvalue weighted by molar-refractivity contribution is 0.101. The summed E-state index contributed by atoms with van der Waals surface area (Å²) in [6.07, 6.45) is 0. The van der Waals surface area contributed by atoms with Gasteiger partial charge in [0.15, 0.2) is 11.6 Å². The molecule has 0 aliphatic carbocycles. The van der Waals surface area contributed by atoms with Crippen LogP contribution in [0.4, 0.5) is 17.5 Å². The number of hydrogen-bond acceptors (Lipinski definition) is 8. The van der Waals surface area contributed by atoms with E-state index in [9.17, 15) is 4.79 Å². The summed E-state index contributed by atoms with van der Waals surface area (Å²) < 4.78 is 5.91. The van der Waals surface area contributed by atoms with Crippen LogP contribution in [0.1, 0.15) is 23.0 Å². The van der Waals surface area contributed by atoms with Crippen molar-refractivity contribution in [2.45, 2.75) is 13.8 Å². The van der Waals surface area contributed by atoms with Gasteiger partial charge in [-0.25, -0.2) is 0 Å². The van der Waals surface area contributed by atoms with Crippen LogP contribution in [0.25, 0.3) is 0 Å². The molecule has 30 heavy (non-hydrogen) atoms. The maximum atomic E-state index is 11.5. The third-order valence-electron chi connectivity index (χ3n) is 4.95. The van der Waals surface area contributed by atoms with E-state index in [0.717, 1.165) is 37.7 Å². The number of carbonyl (C=O) groups is 1. The van der Waals surface area contributed by atoms with Gasteiger partial charge in [0.2, 0.25) is 0 Å². The zero-order chi connectivity index (χ0) is 21.1. The molecule has 156 valence electrons. The van der Waals surface area contributed by atoms with Gasteiger partial charge in [-0.05, 0) is 45.2 Å². The summed E-state index contributed by atoms with van der Waals surface area (Å²) in [6, 6.07) is 11.0. The van der Waals surface area contributed by atoms with Crippen molar-refractivity contribution in [2.75, 3.05) is 43.4 Å². The van der Waals surface area contributed by atoms with E-state index in [4.69, 9.17) is 4.74 Å². The monoisotopic (exact) mass is 407 g/mol. The highest BCUT2D eigenvalue weighted by molar-refractivity contribution is 5.94. The van der Waals surface area contributed by atoms with Crippen LogP contribution in [0.2, 0.25) is 0 Å². The number of aromatic amines is 1. The van der Waals surface area contributed by atoms with Crippen LogP contribution in [0.15, 0.2) is 36.4 Å². The van der Waals surface area contributed by atoms with E-state index in [1.807, 2.05) is 19.1 Å². The molecule has 0 bridgehead atoms. The largest absolute Gasteiger partial charge is 0.424 e. The predicted molar refractivity (Wildman–Crippen MR) is 115 cm³/mol. The number of H-pyrrole nitrogens is 1. The molecular weight excluding hydrogens is 382 g/mol. The lowest BCUT2D eigenvalue weighted by Gasteiger charge is -2.33. The molecule has 1 aliphatic heterocycles. The number of rotatable bonds is 6. The van der Waals surface area contributed by atoms with Gasteiger partial charge in [0.25, 0.3) is 0 Å². The maximum Gasteiger partial charge on any atom is 0.325 e. The fourth-order valence-electron chi connectivity index (χ4n) is 3.20. The lowest BCUT2D eigenvalue weighted by Crippen LogP contribution is -2.44.